The third-order valence-corrected chi connectivity index (χ3v) is 5.07. The molecule has 3 heterocycles. The van der Waals surface area contributed by atoms with Crippen molar-refractivity contribution in [2.45, 2.75) is 19.0 Å². The Morgan fingerprint density at radius 1 is 1.38 bits per heavy atom. The van der Waals surface area contributed by atoms with Crippen LogP contribution in [0.3, 0.4) is 0 Å². The maximum Gasteiger partial charge on any atom is 0.341 e. The molecule has 0 amide bonds. The first kappa shape index (κ1) is 16.5. The van der Waals surface area contributed by atoms with Crippen LogP contribution in [0.4, 0.5) is 10.1 Å². The van der Waals surface area contributed by atoms with Crippen LogP contribution in [0.15, 0.2) is 29.2 Å². The number of carbonyl (C=O) groups is 1. The monoisotopic (exact) mass is 356 g/mol. The first-order valence-corrected chi connectivity index (χ1v) is 8.17. The van der Waals surface area contributed by atoms with Gasteiger partial charge in [0.05, 0.1) is 16.6 Å². The van der Waals surface area contributed by atoms with Crippen molar-refractivity contribution < 1.29 is 14.3 Å². The average Bonchev–Trinajstić information content (AvgIpc) is 2.60. The zero-order chi connectivity index (χ0) is 18.7. The van der Waals surface area contributed by atoms with Crippen molar-refractivity contribution in [3.8, 4) is 0 Å². The number of nitrogens with two attached hydrogens (primary N) is 1. The van der Waals surface area contributed by atoms with Gasteiger partial charge in [0.1, 0.15) is 17.0 Å². The number of aromatic nitrogens is 2. The molecule has 0 spiro atoms. The SMILES string of the molecule is C[C@@H]1[C@@H](N)CN1c1cc2nc3c(cc2cc1F)c(=O)c(C(=O)O)cn3C. The maximum absolute atomic E-state index is 14.6. The highest BCUT2D eigenvalue weighted by Gasteiger charge is 2.34. The van der Waals surface area contributed by atoms with Crippen molar-refractivity contribution in [2.24, 2.45) is 12.8 Å². The number of hydrogen-bond acceptors (Lipinski definition) is 5. The fourth-order valence-corrected chi connectivity index (χ4v) is 3.40. The Bertz CT molecular complexity index is 1140. The molecule has 1 saturated heterocycles. The van der Waals surface area contributed by atoms with Gasteiger partial charge in [0.25, 0.3) is 0 Å². The molecule has 0 bridgehead atoms. The largest absolute Gasteiger partial charge is 0.477 e. The molecule has 0 radical (unpaired) electrons. The number of halogens is 1. The van der Waals surface area contributed by atoms with Crippen molar-refractivity contribution in [1.29, 1.82) is 0 Å². The number of fused-ring (bicyclic) bond motifs is 2. The van der Waals surface area contributed by atoms with Gasteiger partial charge < -0.3 is 20.3 Å². The standard InChI is InChI=1S/C18H17FN4O3/c1-8-13(20)7-23(8)15-5-14-9(4-12(15)19)3-10-16(24)11(18(25)26)6-22(2)17(10)21-14/h3-6,8,13H,7,20H2,1-2H3,(H,25,26)/t8-,13+/m1/s1. The Kier molecular flexibility index (Phi) is 3.48. The molecule has 134 valence electrons. The number of rotatable bonds is 2. The van der Waals surface area contributed by atoms with Crippen LogP contribution >= 0.6 is 0 Å². The van der Waals surface area contributed by atoms with E-state index in [1.54, 1.807) is 13.1 Å². The van der Waals surface area contributed by atoms with Gasteiger partial charge >= 0.3 is 5.97 Å². The minimum Gasteiger partial charge on any atom is -0.477 e. The number of pyridine rings is 2. The Labute approximate surface area is 147 Å². The lowest BCUT2D eigenvalue weighted by Gasteiger charge is -2.46. The molecule has 1 fully saturated rings. The van der Waals surface area contributed by atoms with Crippen LogP contribution in [-0.2, 0) is 7.05 Å². The van der Waals surface area contributed by atoms with Gasteiger partial charge in [-0.05, 0) is 25.1 Å². The fraction of sp³-hybridized carbons (Fsp3) is 0.278. The lowest BCUT2D eigenvalue weighted by Crippen LogP contribution is -2.63. The molecule has 0 aliphatic carbocycles. The van der Waals surface area contributed by atoms with Crippen LogP contribution < -0.4 is 16.1 Å². The zero-order valence-corrected chi connectivity index (χ0v) is 14.2. The van der Waals surface area contributed by atoms with Gasteiger partial charge in [-0.15, -0.1) is 0 Å². The molecule has 1 aromatic carbocycles. The van der Waals surface area contributed by atoms with Crippen LogP contribution in [0.5, 0.6) is 0 Å². The molecule has 0 saturated carbocycles. The van der Waals surface area contributed by atoms with Gasteiger partial charge in [0.2, 0.25) is 5.43 Å². The molecule has 3 N–H and O–H groups in total. The summed E-state index contributed by atoms with van der Waals surface area (Å²) in [6, 6.07) is 4.49. The van der Waals surface area contributed by atoms with Crippen molar-refractivity contribution >= 4 is 33.6 Å². The van der Waals surface area contributed by atoms with E-state index in [1.807, 2.05) is 11.8 Å². The summed E-state index contributed by atoms with van der Waals surface area (Å²) >= 11 is 0. The third-order valence-electron chi connectivity index (χ3n) is 5.07. The predicted octanol–water partition coefficient (Wildman–Crippen LogP) is 1.46. The van der Waals surface area contributed by atoms with E-state index in [0.29, 0.717) is 28.8 Å². The molecular formula is C18H17FN4O3. The number of carboxylic acids is 1. The number of aryl methyl sites for hydroxylation is 1. The van der Waals surface area contributed by atoms with Crippen LogP contribution in [0.1, 0.15) is 17.3 Å². The number of benzene rings is 1. The molecule has 4 rings (SSSR count). The second kappa shape index (κ2) is 5.50. The summed E-state index contributed by atoms with van der Waals surface area (Å²) in [4.78, 5) is 30.0. The van der Waals surface area contributed by atoms with E-state index >= 15 is 0 Å². The fourth-order valence-electron chi connectivity index (χ4n) is 3.40. The Balaban J connectivity index is 1.97. The van der Waals surface area contributed by atoms with Gasteiger partial charge in [-0.3, -0.25) is 4.79 Å². The topological polar surface area (TPSA) is 101 Å². The lowest BCUT2D eigenvalue weighted by atomic mass is 9.97. The first-order chi connectivity index (χ1) is 12.3. The Hall–Kier alpha value is -3.00. The predicted molar refractivity (Wildman–Crippen MR) is 96.2 cm³/mol. The average molecular weight is 356 g/mol. The van der Waals surface area contributed by atoms with Crippen molar-refractivity contribution in [3.63, 3.8) is 0 Å². The van der Waals surface area contributed by atoms with Crippen molar-refractivity contribution in [2.75, 3.05) is 11.4 Å². The lowest BCUT2D eigenvalue weighted by molar-refractivity contribution is 0.0695. The van der Waals surface area contributed by atoms with E-state index in [4.69, 9.17) is 5.73 Å². The molecule has 1 aliphatic rings. The summed E-state index contributed by atoms with van der Waals surface area (Å²) in [7, 11) is 1.62. The quantitative estimate of drug-likeness (QED) is 0.674. The second-order valence-electron chi connectivity index (χ2n) is 6.70. The summed E-state index contributed by atoms with van der Waals surface area (Å²) in [5, 5.41) is 9.76. The number of nitrogens with zero attached hydrogens (tertiary/aromatic N) is 3. The molecule has 0 unspecified atom stereocenters. The first-order valence-electron chi connectivity index (χ1n) is 8.17. The highest BCUT2D eigenvalue weighted by molar-refractivity contribution is 5.96. The number of anilines is 1. The smallest absolute Gasteiger partial charge is 0.341 e. The van der Waals surface area contributed by atoms with E-state index < -0.39 is 17.2 Å². The molecule has 3 aromatic rings. The molecule has 1 aliphatic heterocycles. The van der Waals surface area contributed by atoms with E-state index in [1.165, 1.54) is 22.9 Å². The van der Waals surface area contributed by atoms with Crippen LogP contribution in [0, 0.1) is 5.82 Å². The molecular weight excluding hydrogens is 339 g/mol. The van der Waals surface area contributed by atoms with Gasteiger partial charge in [-0.25, -0.2) is 14.2 Å². The summed E-state index contributed by atoms with van der Waals surface area (Å²) in [5.74, 6) is -1.74. The summed E-state index contributed by atoms with van der Waals surface area (Å²) in [6.45, 7) is 2.50. The zero-order valence-electron chi connectivity index (χ0n) is 14.2. The molecule has 26 heavy (non-hydrogen) atoms. The highest BCUT2D eigenvalue weighted by Crippen LogP contribution is 2.32. The van der Waals surface area contributed by atoms with E-state index in [2.05, 4.69) is 4.98 Å². The normalized spacial score (nSPS) is 19.8. The molecule has 8 heteroatoms. The maximum atomic E-state index is 14.6. The van der Waals surface area contributed by atoms with E-state index in [9.17, 15) is 19.1 Å². The summed E-state index contributed by atoms with van der Waals surface area (Å²) in [5.41, 5.74) is 6.21. The number of hydrogen-bond donors (Lipinski definition) is 2. The highest BCUT2D eigenvalue weighted by atomic mass is 19.1. The molecule has 7 nitrogen and oxygen atoms in total. The molecule has 2 atom stereocenters. The van der Waals surface area contributed by atoms with Crippen molar-refractivity contribution in [3.05, 3.63) is 46.0 Å². The Morgan fingerprint density at radius 3 is 2.73 bits per heavy atom. The minimum atomic E-state index is -1.31. The van der Waals surface area contributed by atoms with Crippen LogP contribution in [0.2, 0.25) is 0 Å². The Morgan fingerprint density at radius 2 is 2.12 bits per heavy atom. The van der Waals surface area contributed by atoms with Crippen LogP contribution in [-0.4, -0.2) is 39.3 Å². The van der Waals surface area contributed by atoms with E-state index in [0.717, 1.165) is 0 Å². The van der Waals surface area contributed by atoms with Gasteiger partial charge in [-0.2, -0.15) is 0 Å². The third kappa shape index (κ3) is 2.26. The van der Waals surface area contributed by atoms with Gasteiger partial charge in [-0.1, -0.05) is 0 Å². The summed E-state index contributed by atoms with van der Waals surface area (Å²) < 4.78 is 16.1. The van der Waals surface area contributed by atoms with Gasteiger partial charge in [0, 0.05) is 37.3 Å². The summed E-state index contributed by atoms with van der Waals surface area (Å²) in [6.07, 6.45) is 1.24. The second-order valence-corrected chi connectivity index (χ2v) is 6.70. The molecule has 2 aromatic heterocycles. The minimum absolute atomic E-state index is 0.00456. The van der Waals surface area contributed by atoms with E-state index in [-0.39, 0.29) is 23.0 Å². The number of carboxylic acid groups (broad SMARTS) is 1. The van der Waals surface area contributed by atoms with Gasteiger partial charge in [0.15, 0.2) is 0 Å². The van der Waals surface area contributed by atoms with Crippen molar-refractivity contribution in [1.82, 2.24) is 9.55 Å². The number of aromatic carboxylic acids is 1. The van der Waals surface area contributed by atoms with Crippen LogP contribution in [0.25, 0.3) is 21.9 Å².